The first-order valence-corrected chi connectivity index (χ1v) is 5.59. The predicted octanol–water partition coefficient (Wildman–Crippen LogP) is 2.43. The maximum atomic E-state index is 4.40. The van der Waals surface area contributed by atoms with Crippen LogP contribution in [0.2, 0.25) is 0 Å². The Kier molecular flexibility index (Phi) is 3.55. The molecular weight excluding hydrogens is 186 g/mol. The van der Waals surface area contributed by atoms with Crippen molar-refractivity contribution < 1.29 is 0 Å². The molecule has 3 heteroatoms. The van der Waals surface area contributed by atoms with E-state index in [2.05, 4.69) is 51.2 Å². The van der Waals surface area contributed by atoms with Gasteiger partial charge in [-0.05, 0) is 18.9 Å². The third-order valence-electron chi connectivity index (χ3n) is 2.64. The van der Waals surface area contributed by atoms with Gasteiger partial charge in [0.05, 0.1) is 5.69 Å². The highest BCUT2D eigenvalue weighted by atomic mass is 15.3. The molecule has 86 valence electrons. The van der Waals surface area contributed by atoms with Crippen LogP contribution in [-0.2, 0) is 7.05 Å². The van der Waals surface area contributed by atoms with Crippen LogP contribution in [0.4, 0.5) is 0 Å². The summed E-state index contributed by atoms with van der Waals surface area (Å²) in [5.74, 6) is 0. The van der Waals surface area contributed by atoms with Gasteiger partial charge in [0, 0.05) is 24.8 Å². The van der Waals surface area contributed by atoms with Crippen LogP contribution in [0.3, 0.4) is 0 Å². The lowest BCUT2D eigenvalue weighted by atomic mass is 9.82. The zero-order chi connectivity index (χ0) is 11.6. The number of aromatic nitrogens is 2. The van der Waals surface area contributed by atoms with Gasteiger partial charge in [-0.1, -0.05) is 27.7 Å². The number of nitrogens with zero attached hydrogens (tertiary/aromatic N) is 2. The van der Waals surface area contributed by atoms with Crippen molar-refractivity contribution in [1.29, 1.82) is 0 Å². The summed E-state index contributed by atoms with van der Waals surface area (Å²) >= 11 is 0. The molecule has 0 amide bonds. The van der Waals surface area contributed by atoms with E-state index in [4.69, 9.17) is 0 Å². The van der Waals surface area contributed by atoms with Crippen molar-refractivity contribution in [3.63, 3.8) is 0 Å². The summed E-state index contributed by atoms with van der Waals surface area (Å²) in [6.07, 6.45) is 2.12. The SMILES string of the molecule is CCNC(c1cn(C)nc1C)C(C)(C)C. The molecule has 1 unspecified atom stereocenters. The minimum absolute atomic E-state index is 0.212. The molecule has 0 saturated heterocycles. The second-order valence-corrected chi connectivity index (χ2v) is 5.20. The fourth-order valence-corrected chi connectivity index (χ4v) is 1.99. The molecule has 0 aromatic carbocycles. The van der Waals surface area contributed by atoms with Crippen molar-refractivity contribution in [2.24, 2.45) is 12.5 Å². The second kappa shape index (κ2) is 4.35. The van der Waals surface area contributed by atoms with Gasteiger partial charge < -0.3 is 5.32 Å². The molecule has 0 spiro atoms. The fraction of sp³-hybridized carbons (Fsp3) is 0.750. The summed E-state index contributed by atoms with van der Waals surface area (Å²) in [6, 6.07) is 0.371. The first-order valence-electron chi connectivity index (χ1n) is 5.59. The lowest BCUT2D eigenvalue weighted by Crippen LogP contribution is -2.32. The average Bonchev–Trinajstić information content (AvgIpc) is 2.39. The van der Waals surface area contributed by atoms with E-state index in [1.54, 1.807) is 0 Å². The van der Waals surface area contributed by atoms with Crippen LogP contribution in [0, 0.1) is 12.3 Å². The Labute approximate surface area is 92.9 Å². The van der Waals surface area contributed by atoms with Crippen LogP contribution in [0.1, 0.15) is 45.0 Å². The summed E-state index contributed by atoms with van der Waals surface area (Å²) in [6.45, 7) is 12.0. The Bertz CT molecular complexity index is 320. The van der Waals surface area contributed by atoms with Gasteiger partial charge >= 0.3 is 0 Å². The van der Waals surface area contributed by atoms with E-state index in [9.17, 15) is 0 Å². The number of hydrogen-bond acceptors (Lipinski definition) is 2. The summed E-state index contributed by atoms with van der Waals surface area (Å²) < 4.78 is 1.89. The summed E-state index contributed by atoms with van der Waals surface area (Å²) in [7, 11) is 1.97. The molecule has 1 atom stereocenters. The molecule has 1 N–H and O–H groups in total. The van der Waals surface area contributed by atoms with Gasteiger partial charge in [-0.3, -0.25) is 4.68 Å². The van der Waals surface area contributed by atoms with Crippen molar-refractivity contribution in [1.82, 2.24) is 15.1 Å². The molecule has 1 aromatic heterocycles. The van der Waals surface area contributed by atoms with E-state index >= 15 is 0 Å². The summed E-state index contributed by atoms with van der Waals surface area (Å²) in [5, 5.41) is 7.94. The van der Waals surface area contributed by atoms with Gasteiger partial charge in [0.25, 0.3) is 0 Å². The molecule has 0 aliphatic heterocycles. The van der Waals surface area contributed by atoms with Crippen molar-refractivity contribution in [2.45, 2.75) is 40.7 Å². The average molecular weight is 209 g/mol. The summed E-state index contributed by atoms with van der Waals surface area (Å²) in [5.41, 5.74) is 2.65. The molecule has 0 saturated carbocycles. The standard InChI is InChI=1S/C12H23N3/c1-7-13-11(12(3,4)5)10-8-15(6)14-9(10)2/h8,11,13H,7H2,1-6H3. The molecular formula is C12H23N3. The first kappa shape index (κ1) is 12.2. The Morgan fingerprint density at radius 2 is 2.07 bits per heavy atom. The fourth-order valence-electron chi connectivity index (χ4n) is 1.99. The molecule has 0 fully saturated rings. The van der Waals surface area contributed by atoms with Gasteiger partial charge in [-0.25, -0.2) is 0 Å². The highest BCUT2D eigenvalue weighted by Gasteiger charge is 2.27. The predicted molar refractivity (Wildman–Crippen MR) is 63.8 cm³/mol. The maximum Gasteiger partial charge on any atom is 0.0641 e. The Morgan fingerprint density at radius 3 is 2.40 bits per heavy atom. The molecule has 0 radical (unpaired) electrons. The van der Waals surface area contributed by atoms with Crippen molar-refractivity contribution >= 4 is 0 Å². The van der Waals surface area contributed by atoms with Gasteiger partial charge in [0.1, 0.15) is 0 Å². The van der Waals surface area contributed by atoms with Gasteiger partial charge in [-0.2, -0.15) is 5.10 Å². The quantitative estimate of drug-likeness (QED) is 0.828. The first-order chi connectivity index (χ1) is 6.86. The highest BCUT2D eigenvalue weighted by molar-refractivity contribution is 5.22. The van der Waals surface area contributed by atoms with Crippen LogP contribution < -0.4 is 5.32 Å². The van der Waals surface area contributed by atoms with E-state index in [0.717, 1.165) is 12.2 Å². The van der Waals surface area contributed by atoms with Gasteiger partial charge in [0.2, 0.25) is 0 Å². The number of hydrogen-bond donors (Lipinski definition) is 1. The van der Waals surface area contributed by atoms with Crippen LogP contribution in [0.25, 0.3) is 0 Å². The normalized spacial score (nSPS) is 14.3. The Hall–Kier alpha value is -0.830. The van der Waals surface area contributed by atoms with E-state index in [1.807, 2.05) is 11.7 Å². The van der Waals surface area contributed by atoms with Gasteiger partial charge in [0.15, 0.2) is 0 Å². The van der Waals surface area contributed by atoms with Crippen LogP contribution in [0.5, 0.6) is 0 Å². The second-order valence-electron chi connectivity index (χ2n) is 5.20. The van der Waals surface area contributed by atoms with Crippen LogP contribution >= 0.6 is 0 Å². The van der Waals surface area contributed by atoms with Crippen LogP contribution in [-0.4, -0.2) is 16.3 Å². The number of nitrogens with one attached hydrogen (secondary N) is 1. The zero-order valence-corrected chi connectivity index (χ0v) is 10.8. The van der Waals surface area contributed by atoms with Gasteiger partial charge in [-0.15, -0.1) is 0 Å². The molecule has 15 heavy (non-hydrogen) atoms. The molecule has 3 nitrogen and oxygen atoms in total. The third kappa shape index (κ3) is 2.81. The maximum absolute atomic E-state index is 4.40. The molecule has 1 aromatic rings. The third-order valence-corrected chi connectivity index (χ3v) is 2.64. The van der Waals surface area contributed by atoms with Crippen LogP contribution in [0.15, 0.2) is 6.20 Å². The van der Waals surface area contributed by atoms with E-state index < -0.39 is 0 Å². The lowest BCUT2D eigenvalue weighted by Gasteiger charge is -2.31. The van der Waals surface area contributed by atoms with E-state index in [1.165, 1.54) is 5.56 Å². The largest absolute Gasteiger partial charge is 0.310 e. The van der Waals surface area contributed by atoms with Crippen molar-refractivity contribution in [2.75, 3.05) is 6.54 Å². The molecule has 0 aliphatic carbocycles. The number of aryl methyl sites for hydroxylation is 2. The molecule has 1 rings (SSSR count). The molecule has 0 bridgehead atoms. The topological polar surface area (TPSA) is 29.9 Å². The summed E-state index contributed by atoms with van der Waals surface area (Å²) in [4.78, 5) is 0. The smallest absolute Gasteiger partial charge is 0.0641 e. The van der Waals surface area contributed by atoms with E-state index in [-0.39, 0.29) is 5.41 Å². The highest BCUT2D eigenvalue weighted by Crippen LogP contribution is 2.33. The molecule has 0 aliphatic rings. The number of rotatable bonds is 3. The zero-order valence-electron chi connectivity index (χ0n) is 10.8. The lowest BCUT2D eigenvalue weighted by molar-refractivity contribution is 0.276. The minimum Gasteiger partial charge on any atom is -0.310 e. The Balaban J connectivity index is 3.04. The monoisotopic (exact) mass is 209 g/mol. The molecule has 1 heterocycles. The Morgan fingerprint density at radius 1 is 1.47 bits per heavy atom. The van der Waals surface area contributed by atoms with Crippen molar-refractivity contribution in [3.8, 4) is 0 Å². The minimum atomic E-state index is 0.212. The van der Waals surface area contributed by atoms with E-state index in [0.29, 0.717) is 6.04 Å². The van der Waals surface area contributed by atoms with Crippen molar-refractivity contribution in [3.05, 3.63) is 17.5 Å².